The fourth-order valence-corrected chi connectivity index (χ4v) is 3.28. The Bertz CT molecular complexity index is 435. The highest BCUT2D eigenvalue weighted by Crippen LogP contribution is 2.27. The van der Waals surface area contributed by atoms with Crippen molar-refractivity contribution in [3.05, 3.63) is 17.6 Å². The molecule has 1 heterocycles. The molecule has 19 heavy (non-hydrogen) atoms. The van der Waals surface area contributed by atoms with Gasteiger partial charge in [-0.2, -0.15) is 0 Å². The number of anilines is 1. The Labute approximate surface area is 114 Å². The van der Waals surface area contributed by atoms with Gasteiger partial charge in [0.05, 0.1) is 12.1 Å². The van der Waals surface area contributed by atoms with E-state index < -0.39 is 0 Å². The van der Waals surface area contributed by atoms with Crippen molar-refractivity contribution in [3.63, 3.8) is 0 Å². The van der Waals surface area contributed by atoms with Crippen LogP contribution in [0, 0.1) is 0 Å². The highest BCUT2D eigenvalue weighted by molar-refractivity contribution is 5.47. The van der Waals surface area contributed by atoms with Gasteiger partial charge in [-0.05, 0) is 38.5 Å². The summed E-state index contributed by atoms with van der Waals surface area (Å²) in [5.41, 5.74) is 2.50. The van der Waals surface area contributed by atoms with Gasteiger partial charge in [0.25, 0.3) is 0 Å². The van der Waals surface area contributed by atoms with Gasteiger partial charge in [0.15, 0.2) is 0 Å². The molecule has 0 bridgehead atoms. The molecule has 2 atom stereocenters. The molecule has 4 heteroatoms. The summed E-state index contributed by atoms with van der Waals surface area (Å²) in [5.74, 6) is 0.970. The Hall–Kier alpha value is -1.16. The predicted octanol–water partition coefficient (Wildman–Crippen LogP) is 2.46. The molecule has 0 radical (unpaired) electrons. The van der Waals surface area contributed by atoms with Gasteiger partial charge in [-0.25, -0.2) is 9.97 Å². The van der Waals surface area contributed by atoms with E-state index >= 15 is 0 Å². The predicted molar refractivity (Wildman–Crippen MR) is 75.2 cm³/mol. The van der Waals surface area contributed by atoms with E-state index in [1.165, 1.54) is 36.9 Å². The van der Waals surface area contributed by atoms with Crippen LogP contribution in [-0.4, -0.2) is 27.2 Å². The number of nitrogens with one attached hydrogen (secondary N) is 1. The van der Waals surface area contributed by atoms with Crippen molar-refractivity contribution in [3.8, 4) is 0 Å². The number of fused-ring (bicyclic) bond motifs is 1. The van der Waals surface area contributed by atoms with E-state index in [1.807, 2.05) is 0 Å². The monoisotopic (exact) mass is 261 g/mol. The van der Waals surface area contributed by atoms with Crippen molar-refractivity contribution in [1.82, 2.24) is 9.97 Å². The summed E-state index contributed by atoms with van der Waals surface area (Å²) < 4.78 is 0. The summed E-state index contributed by atoms with van der Waals surface area (Å²) in [6.45, 7) is 0. The lowest BCUT2D eigenvalue weighted by Crippen LogP contribution is -2.37. The Morgan fingerprint density at radius 3 is 2.74 bits per heavy atom. The zero-order valence-corrected chi connectivity index (χ0v) is 11.4. The van der Waals surface area contributed by atoms with Gasteiger partial charge in [-0.3, -0.25) is 0 Å². The normalized spacial score (nSPS) is 27.4. The Morgan fingerprint density at radius 2 is 1.84 bits per heavy atom. The van der Waals surface area contributed by atoms with Crippen LogP contribution in [0.2, 0.25) is 0 Å². The maximum Gasteiger partial charge on any atom is 0.133 e. The molecule has 2 aliphatic carbocycles. The van der Waals surface area contributed by atoms with Crippen LogP contribution in [0.5, 0.6) is 0 Å². The SMILES string of the molecule is OC1CCCCC1Nc1ncnc2c1CCCCC2. The lowest BCUT2D eigenvalue weighted by atomic mass is 9.92. The molecule has 1 saturated carbocycles. The molecule has 4 nitrogen and oxygen atoms in total. The third-order valence-electron chi connectivity index (χ3n) is 4.43. The van der Waals surface area contributed by atoms with E-state index in [4.69, 9.17) is 0 Å². The smallest absolute Gasteiger partial charge is 0.133 e. The molecule has 104 valence electrons. The Morgan fingerprint density at radius 1 is 1.00 bits per heavy atom. The fourth-order valence-electron chi connectivity index (χ4n) is 3.28. The van der Waals surface area contributed by atoms with Crippen LogP contribution in [0.25, 0.3) is 0 Å². The van der Waals surface area contributed by atoms with Crippen LogP contribution in [-0.2, 0) is 12.8 Å². The standard InChI is InChI=1S/C15H23N3O/c19-14-9-5-4-8-13(14)18-15-11-6-2-1-3-7-12(11)16-10-17-15/h10,13-14,19H,1-9H2,(H,16,17,18). The molecule has 0 saturated heterocycles. The quantitative estimate of drug-likeness (QED) is 0.803. The van der Waals surface area contributed by atoms with E-state index in [2.05, 4.69) is 15.3 Å². The first kappa shape index (κ1) is 12.9. The summed E-state index contributed by atoms with van der Waals surface area (Å²) in [4.78, 5) is 8.87. The minimum absolute atomic E-state index is 0.163. The minimum atomic E-state index is -0.231. The number of aryl methyl sites for hydroxylation is 1. The number of nitrogens with zero attached hydrogens (tertiary/aromatic N) is 2. The van der Waals surface area contributed by atoms with Crippen molar-refractivity contribution in [2.45, 2.75) is 69.9 Å². The van der Waals surface area contributed by atoms with Gasteiger partial charge in [-0.15, -0.1) is 0 Å². The Balaban J connectivity index is 1.80. The van der Waals surface area contributed by atoms with Crippen molar-refractivity contribution < 1.29 is 5.11 Å². The molecule has 3 rings (SSSR count). The summed E-state index contributed by atoms with van der Waals surface area (Å²) in [7, 11) is 0. The van der Waals surface area contributed by atoms with Crippen molar-refractivity contribution in [2.75, 3.05) is 5.32 Å². The highest BCUT2D eigenvalue weighted by Gasteiger charge is 2.24. The molecule has 2 unspecified atom stereocenters. The number of hydrogen-bond acceptors (Lipinski definition) is 4. The van der Waals surface area contributed by atoms with Crippen LogP contribution in [0.3, 0.4) is 0 Å². The van der Waals surface area contributed by atoms with Crippen molar-refractivity contribution >= 4 is 5.82 Å². The van der Waals surface area contributed by atoms with Crippen molar-refractivity contribution in [2.24, 2.45) is 0 Å². The molecule has 1 aromatic rings. The molecule has 1 fully saturated rings. The number of hydrogen-bond donors (Lipinski definition) is 2. The van der Waals surface area contributed by atoms with Gasteiger partial charge in [0, 0.05) is 11.3 Å². The van der Waals surface area contributed by atoms with Crippen LogP contribution in [0.15, 0.2) is 6.33 Å². The number of aliphatic hydroxyl groups excluding tert-OH is 1. The average Bonchev–Trinajstić information content (AvgIpc) is 2.67. The van der Waals surface area contributed by atoms with E-state index in [0.717, 1.165) is 37.9 Å². The van der Waals surface area contributed by atoms with Gasteiger partial charge >= 0.3 is 0 Å². The third-order valence-corrected chi connectivity index (χ3v) is 4.43. The van der Waals surface area contributed by atoms with Crippen molar-refractivity contribution in [1.29, 1.82) is 0 Å². The topological polar surface area (TPSA) is 58.0 Å². The lowest BCUT2D eigenvalue weighted by Gasteiger charge is -2.29. The van der Waals surface area contributed by atoms with Crippen LogP contribution < -0.4 is 5.32 Å². The molecule has 0 amide bonds. The maximum absolute atomic E-state index is 10.1. The summed E-state index contributed by atoms with van der Waals surface area (Å²) in [6, 6.07) is 0.163. The molecular formula is C15H23N3O. The van der Waals surface area contributed by atoms with Gasteiger partial charge in [0.2, 0.25) is 0 Å². The average molecular weight is 261 g/mol. The molecule has 1 aromatic heterocycles. The van der Waals surface area contributed by atoms with E-state index in [-0.39, 0.29) is 12.1 Å². The second-order valence-electron chi connectivity index (χ2n) is 5.81. The minimum Gasteiger partial charge on any atom is -0.391 e. The summed E-state index contributed by atoms with van der Waals surface area (Å²) >= 11 is 0. The number of rotatable bonds is 2. The first-order valence-electron chi connectivity index (χ1n) is 7.62. The molecule has 2 aliphatic rings. The molecule has 0 spiro atoms. The van der Waals surface area contributed by atoms with Crippen LogP contribution in [0.1, 0.15) is 56.2 Å². The molecular weight excluding hydrogens is 238 g/mol. The molecule has 0 aliphatic heterocycles. The van der Waals surface area contributed by atoms with Gasteiger partial charge in [0.1, 0.15) is 12.1 Å². The molecule has 2 N–H and O–H groups in total. The van der Waals surface area contributed by atoms with Crippen LogP contribution in [0.4, 0.5) is 5.82 Å². The van der Waals surface area contributed by atoms with Gasteiger partial charge < -0.3 is 10.4 Å². The van der Waals surface area contributed by atoms with Gasteiger partial charge in [-0.1, -0.05) is 19.3 Å². The molecule has 0 aromatic carbocycles. The Kier molecular flexibility index (Phi) is 3.97. The highest BCUT2D eigenvalue weighted by atomic mass is 16.3. The zero-order valence-electron chi connectivity index (χ0n) is 11.4. The largest absolute Gasteiger partial charge is 0.391 e. The van der Waals surface area contributed by atoms with E-state index in [0.29, 0.717) is 0 Å². The second kappa shape index (κ2) is 5.87. The third kappa shape index (κ3) is 2.89. The lowest BCUT2D eigenvalue weighted by molar-refractivity contribution is 0.116. The first-order valence-corrected chi connectivity index (χ1v) is 7.62. The first-order chi connectivity index (χ1) is 9.34. The summed E-state index contributed by atoms with van der Waals surface area (Å²) in [5, 5.41) is 13.6. The number of aromatic nitrogens is 2. The zero-order chi connectivity index (χ0) is 13.1. The second-order valence-corrected chi connectivity index (χ2v) is 5.81. The van der Waals surface area contributed by atoms with E-state index in [1.54, 1.807) is 6.33 Å². The van der Waals surface area contributed by atoms with Crippen LogP contribution >= 0.6 is 0 Å². The summed E-state index contributed by atoms with van der Waals surface area (Å²) in [6.07, 6.45) is 11.6. The fraction of sp³-hybridized carbons (Fsp3) is 0.733. The maximum atomic E-state index is 10.1. The van der Waals surface area contributed by atoms with E-state index in [9.17, 15) is 5.11 Å². The number of aliphatic hydroxyl groups is 1.